The number of hydrogen-bond donors (Lipinski definition) is 1. The average molecular weight is 233 g/mol. The van der Waals surface area contributed by atoms with Crippen LogP contribution >= 0.6 is 11.6 Å². The van der Waals surface area contributed by atoms with Crippen LogP contribution in [0.1, 0.15) is 20.3 Å². The van der Waals surface area contributed by atoms with Gasteiger partial charge in [-0.25, -0.2) is 4.79 Å². The Morgan fingerprint density at radius 1 is 1.47 bits per heavy atom. The Morgan fingerprint density at radius 2 is 2.07 bits per heavy atom. The van der Waals surface area contributed by atoms with Crippen LogP contribution in [0, 0.1) is 0 Å². The van der Waals surface area contributed by atoms with E-state index in [1.165, 1.54) is 6.08 Å². The molecular weight excluding hydrogens is 220 g/mol. The van der Waals surface area contributed by atoms with Gasteiger partial charge in [0.05, 0.1) is 23.6 Å². The Bertz CT molecular complexity index is 305. The van der Waals surface area contributed by atoms with E-state index in [2.05, 4.69) is 0 Å². The van der Waals surface area contributed by atoms with Gasteiger partial charge in [-0.3, -0.25) is 4.79 Å². The lowest BCUT2D eigenvalue weighted by Crippen LogP contribution is -2.12. The van der Waals surface area contributed by atoms with E-state index in [4.69, 9.17) is 21.4 Å². The lowest BCUT2D eigenvalue weighted by atomic mass is 10.1. The van der Waals surface area contributed by atoms with E-state index in [-0.39, 0.29) is 17.2 Å². The highest BCUT2D eigenvalue weighted by Gasteiger charge is 2.17. The monoisotopic (exact) mass is 232 g/mol. The topological polar surface area (TPSA) is 63.6 Å². The van der Waals surface area contributed by atoms with Crippen molar-refractivity contribution in [2.75, 3.05) is 6.61 Å². The fourth-order valence-corrected chi connectivity index (χ4v) is 1.14. The molecule has 0 rings (SSSR count). The number of aliphatic carboxylic acids is 1. The molecule has 0 bridgehead atoms. The lowest BCUT2D eigenvalue weighted by molar-refractivity contribution is -0.142. The fraction of sp³-hybridized carbons (Fsp3) is 0.400. The first-order chi connectivity index (χ1) is 7.02. The van der Waals surface area contributed by atoms with Crippen LogP contribution < -0.4 is 0 Å². The van der Waals surface area contributed by atoms with Crippen molar-refractivity contribution in [2.24, 2.45) is 0 Å². The van der Waals surface area contributed by atoms with E-state index >= 15 is 0 Å². The van der Waals surface area contributed by atoms with E-state index in [9.17, 15) is 9.59 Å². The summed E-state index contributed by atoms with van der Waals surface area (Å²) in [5.74, 6) is -1.82. The van der Waals surface area contributed by atoms with E-state index in [0.717, 1.165) is 0 Å². The quantitative estimate of drug-likeness (QED) is 0.448. The van der Waals surface area contributed by atoms with E-state index in [1.807, 2.05) is 0 Å². The zero-order valence-electron chi connectivity index (χ0n) is 8.62. The van der Waals surface area contributed by atoms with Gasteiger partial charge in [0.15, 0.2) is 0 Å². The van der Waals surface area contributed by atoms with Crippen molar-refractivity contribution >= 4 is 23.5 Å². The van der Waals surface area contributed by atoms with Crippen LogP contribution in [0.3, 0.4) is 0 Å². The summed E-state index contributed by atoms with van der Waals surface area (Å²) in [5, 5.41) is 8.69. The van der Waals surface area contributed by atoms with Gasteiger partial charge < -0.3 is 9.84 Å². The van der Waals surface area contributed by atoms with E-state index in [1.54, 1.807) is 19.9 Å². The number of halogens is 1. The minimum atomic E-state index is -1.12. The Kier molecular flexibility index (Phi) is 6.45. The summed E-state index contributed by atoms with van der Waals surface area (Å²) in [6, 6.07) is 0. The zero-order valence-corrected chi connectivity index (χ0v) is 9.37. The second-order valence-corrected chi connectivity index (χ2v) is 3.02. The summed E-state index contributed by atoms with van der Waals surface area (Å²) in [4.78, 5) is 21.8. The number of allylic oxidation sites excluding steroid dienone is 3. The maximum absolute atomic E-state index is 11.3. The molecule has 5 heteroatoms. The number of carboxylic acid groups (broad SMARTS) is 1. The lowest BCUT2D eigenvalue weighted by Gasteiger charge is -2.05. The molecule has 0 aliphatic carbocycles. The summed E-state index contributed by atoms with van der Waals surface area (Å²) >= 11 is 5.75. The summed E-state index contributed by atoms with van der Waals surface area (Å²) in [5.41, 5.74) is -0.0379. The molecule has 0 aromatic carbocycles. The molecular formula is C10H13ClO4. The summed E-state index contributed by atoms with van der Waals surface area (Å²) in [7, 11) is 0. The van der Waals surface area contributed by atoms with Crippen molar-refractivity contribution in [3.8, 4) is 0 Å². The number of carbonyl (C=O) groups is 2. The first kappa shape index (κ1) is 13.7. The van der Waals surface area contributed by atoms with Crippen LogP contribution in [0.25, 0.3) is 0 Å². The highest BCUT2D eigenvalue weighted by molar-refractivity contribution is 6.33. The minimum absolute atomic E-state index is 0.0379. The van der Waals surface area contributed by atoms with Gasteiger partial charge in [-0.15, -0.1) is 0 Å². The van der Waals surface area contributed by atoms with Crippen LogP contribution in [0.15, 0.2) is 22.8 Å². The van der Waals surface area contributed by atoms with Crippen LogP contribution in [-0.4, -0.2) is 23.7 Å². The first-order valence-corrected chi connectivity index (χ1v) is 4.81. The molecule has 0 amide bonds. The van der Waals surface area contributed by atoms with Gasteiger partial charge in [0, 0.05) is 0 Å². The van der Waals surface area contributed by atoms with Crippen LogP contribution in [0.4, 0.5) is 0 Å². The minimum Gasteiger partial charge on any atom is -0.481 e. The van der Waals surface area contributed by atoms with Crippen molar-refractivity contribution in [1.29, 1.82) is 0 Å². The Morgan fingerprint density at radius 3 is 2.47 bits per heavy atom. The second kappa shape index (κ2) is 7.06. The molecule has 0 saturated carbocycles. The van der Waals surface area contributed by atoms with Gasteiger partial charge in [-0.2, -0.15) is 0 Å². The van der Waals surface area contributed by atoms with Crippen molar-refractivity contribution in [2.45, 2.75) is 20.3 Å². The molecule has 1 N–H and O–H groups in total. The second-order valence-electron chi connectivity index (χ2n) is 2.62. The van der Waals surface area contributed by atoms with Crippen molar-refractivity contribution in [3.63, 3.8) is 0 Å². The number of esters is 1. The molecule has 0 atom stereocenters. The summed E-state index contributed by atoms with van der Waals surface area (Å²) in [6.07, 6.45) is 2.63. The molecule has 0 spiro atoms. The molecule has 0 saturated heterocycles. The largest absolute Gasteiger partial charge is 0.481 e. The highest BCUT2D eigenvalue weighted by Crippen LogP contribution is 2.16. The van der Waals surface area contributed by atoms with Crippen LogP contribution in [-0.2, 0) is 14.3 Å². The Labute approximate surface area is 93.2 Å². The summed E-state index contributed by atoms with van der Waals surface area (Å²) < 4.78 is 4.69. The number of carboxylic acids is 1. The molecule has 0 radical (unpaired) electrons. The van der Waals surface area contributed by atoms with Crippen molar-refractivity contribution in [1.82, 2.24) is 0 Å². The predicted octanol–water partition coefficient (Wildman–Crippen LogP) is 2.09. The predicted molar refractivity (Wildman–Crippen MR) is 56.6 cm³/mol. The molecule has 84 valence electrons. The van der Waals surface area contributed by atoms with Gasteiger partial charge in [0.25, 0.3) is 0 Å². The standard InChI is InChI=1S/C10H13ClO4/c1-3-5-8(11)7(6-9(12)13)10(14)15-4-2/h3,5H,4,6H2,1-2H3,(H,12,13). The Hall–Kier alpha value is -1.29. The molecule has 0 aromatic rings. The molecule has 0 heterocycles. The first-order valence-electron chi connectivity index (χ1n) is 4.43. The number of hydrogen-bond acceptors (Lipinski definition) is 3. The maximum Gasteiger partial charge on any atom is 0.336 e. The summed E-state index contributed by atoms with van der Waals surface area (Å²) in [6.45, 7) is 3.54. The molecule has 0 fully saturated rings. The third kappa shape index (κ3) is 5.22. The van der Waals surface area contributed by atoms with Crippen LogP contribution in [0.5, 0.6) is 0 Å². The SMILES string of the molecule is CC=CC(Cl)=C(CC(=O)O)C(=O)OCC. The van der Waals surface area contributed by atoms with Gasteiger partial charge >= 0.3 is 11.9 Å². The van der Waals surface area contributed by atoms with Crippen LogP contribution in [0.2, 0.25) is 0 Å². The maximum atomic E-state index is 11.3. The van der Waals surface area contributed by atoms with Gasteiger partial charge in [-0.1, -0.05) is 17.7 Å². The smallest absolute Gasteiger partial charge is 0.336 e. The molecule has 0 aliphatic rings. The Balaban J connectivity index is 4.95. The van der Waals surface area contributed by atoms with Gasteiger partial charge in [0.2, 0.25) is 0 Å². The molecule has 0 unspecified atom stereocenters. The molecule has 4 nitrogen and oxygen atoms in total. The van der Waals surface area contributed by atoms with Gasteiger partial charge in [-0.05, 0) is 19.9 Å². The number of ether oxygens (including phenoxy) is 1. The fourth-order valence-electron chi connectivity index (χ4n) is 0.870. The molecule has 15 heavy (non-hydrogen) atoms. The molecule has 0 aromatic heterocycles. The highest BCUT2D eigenvalue weighted by atomic mass is 35.5. The zero-order chi connectivity index (χ0) is 11.8. The normalized spacial score (nSPS) is 12.5. The third-order valence-electron chi connectivity index (χ3n) is 1.45. The number of carbonyl (C=O) groups excluding carboxylic acids is 1. The van der Waals surface area contributed by atoms with Crippen molar-refractivity contribution < 1.29 is 19.4 Å². The number of rotatable bonds is 5. The van der Waals surface area contributed by atoms with Crippen molar-refractivity contribution in [3.05, 3.63) is 22.8 Å². The third-order valence-corrected chi connectivity index (χ3v) is 1.81. The van der Waals surface area contributed by atoms with E-state index in [0.29, 0.717) is 0 Å². The van der Waals surface area contributed by atoms with Gasteiger partial charge in [0.1, 0.15) is 0 Å². The molecule has 0 aliphatic heterocycles. The average Bonchev–Trinajstić information content (AvgIpc) is 2.14. The van der Waals surface area contributed by atoms with E-state index < -0.39 is 18.4 Å².